The van der Waals surface area contributed by atoms with Crippen LogP contribution in [-0.4, -0.2) is 23.5 Å². The Morgan fingerprint density at radius 3 is 2.64 bits per heavy atom. The molecule has 2 N–H and O–H groups in total. The van der Waals surface area contributed by atoms with Gasteiger partial charge in [-0.1, -0.05) is 37.5 Å². The molecule has 0 spiro atoms. The van der Waals surface area contributed by atoms with E-state index in [0.717, 1.165) is 18.5 Å². The number of benzene rings is 1. The summed E-state index contributed by atoms with van der Waals surface area (Å²) in [5.74, 6) is -0.290. The Labute approximate surface area is 147 Å². The maximum atomic E-state index is 13.6. The van der Waals surface area contributed by atoms with Gasteiger partial charge in [0.1, 0.15) is 11.5 Å². The number of carbonyl (C=O) groups is 1. The molecule has 1 aromatic carbocycles. The molecular weight excluding hydrogens is 317 g/mol. The van der Waals surface area contributed by atoms with E-state index in [0.29, 0.717) is 24.2 Å². The van der Waals surface area contributed by atoms with Crippen molar-refractivity contribution in [2.24, 2.45) is 0 Å². The van der Waals surface area contributed by atoms with Gasteiger partial charge in [-0.25, -0.2) is 9.37 Å². The summed E-state index contributed by atoms with van der Waals surface area (Å²) in [5, 5.41) is 6.27. The summed E-state index contributed by atoms with van der Waals surface area (Å²) in [6.45, 7) is 0.607. The Hall–Kier alpha value is -2.43. The predicted octanol–water partition coefficient (Wildman–Crippen LogP) is 3.94. The number of amides is 1. The van der Waals surface area contributed by atoms with Crippen LogP contribution in [0.4, 0.5) is 10.1 Å². The van der Waals surface area contributed by atoms with E-state index in [1.54, 1.807) is 24.4 Å². The van der Waals surface area contributed by atoms with E-state index in [4.69, 9.17) is 0 Å². The molecule has 1 fully saturated rings. The molecule has 25 heavy (non-hydrogen) atoms. The van der Waals surface area contributed by atoms with Gasteiger partial charge in [0.15, 0.2) is 0 Å². The van der Waals surface area contributed by atoms with Gasteiger partial charge >= 0.3 is 0 Å². The number of carbonyl (C=O) groups excluding carboxylic acids is 1. The Bertz CT molecular complexity index is 696. The van der Waals surface area contributed by atoms with Gasteiger partial charge < -0.3 is 10.6 Å². The summed E-state index contributed by atoms with van der Waals surface area (Å²) in [7, 11) is 0. The highest BCUT2D eigenvalue weighted by atomic mass is 19.1. The fourth-order valence-electron chi connectivity index (χ4n) is 3.18. The summed E-state index contributed by atoms with van der Waals surface area (Å²) in [6, 6.07) is 10.6. The minimum absolute atomic E-state index is 0.107. The number of halogens is 1. The average Bonchev–Trinajstić information content (AvgIpc) is 2.65. The SMILES string of the molecule is O=C(NC1CCCCC1)c1ccc(NCCc2ccccc2F)cn1. The molecule has 1 aliphatic rings. The average molecular weight is 341 g/mol. The molecule has 0 bridgehead atoms. The molecule has 1 heterocycles. The van der Waals surface area contributed by atoms with Crippen LogP contribution in [0.25, 0.3) is 0 Å². The molecule has 1 aromatic heterocycles. The van der Waals surface area contributed by atoms with E-state index in [-0.39, 0.29) is 17.8 Å². The van der Waals surface area contributed by atoms with Crippen LogP contribution < -0.4 is 10.6 Å². The van der Waals surface area contributed by atoms with E-state index < -0.39 is 0 Å². The van der Waals surface area contributed by atoms with Crippen LogP contribution in [0.5, 0.6) is 0 Å². The van der Waals surface area contributed by atoms with Crippen LogP contribution in [0.3, 0.4) is 0 Å². The van der Waals surface area contributed by atoms with Crippen LogP contribution in [0.2, 0.25) is 0 Å². The number of anilines is 1. The molecule has 0 radical (unpaired) electrons. The lowest BCUT2D eigenvalue weighted by atomic mass is 9.95. The van der Waals surface area contributed by atoms with E-state index >= 15 is 0 Å². The standard InChI is InChI=1S/C20H24FN3O/c21-18-9-5-4-6-15(18)12-13-22-17-10-11-19(23-14-17)20(25)24-16-7-2-1-3-8-16/h4-6,9-11,14,16,22H,1-3,7-8,12-13H2,(H,24,25). The zero-order valence-electron chi connectivity index (χ0n) is 14.3. The van der Waals surface area contributed by atoms with Gasteiger partial charge in [-0.2, -0.15) is 0 Å². The Balaban J connectivity index is 1.48. The third kappa shape index (κ3) is 5.02. The highest BCUT2D eigenvalue weighted by molar-refractivity contribution is 5.92. The van der Waals surface area contributed by atoms with Crippen molar-refractivity contribution in [2.45, 2.75) is 44.6 Å². The zero-order chi connectivity index (χ0) is 17.5. The van der Waals surface area contributed by atoms with Crippen LogP contribution in [0, 0.1) is 5.82 Å². The van der Waals surface area contributed by atoms with Crippen LogP contribution in [-0.2, 0) is 6.42 Å². The van der Waals surface area contributed by atoms with E-state index in [9.17, 15) is 9.18 Å². The van der Waals surface area contributed by atoms with Gasteiger partial charge in [0.2, 0.25) is 0 Å². The summed E-state index contributed by atoms with van der Waals surface area (Å²) in [5.41, 5.74) is 1.95. The Morgan fingerprint density at radius 2 is 1.92 bits per heavy atom. The number of rotatable bonds is 6. The number of hydrogen-bond donors (Lipinski definition) is 2. The second-order valence-electron chi connectivity index (χ2n) is 6.51. The van der Waals surface area contributed by atoms with Crippen molar-refractivity contribution >= 4 is 11.6 Å². The van der Waals surface area contributed by atoms with E-state index in [1.165, 1.54) is 25.3 Å². The first-order chi connectivity index (χ1) is 12.2. The zero-order valence-corrected chi connectivity index (χ0v) is 14.3. The van der Waals surface area contributed by atoms with Crippen molar-refractivity contribution in [3.8, 4) is 0 Å². The maximum Gasteiger partial charge on any atom is 0.270 e. The second-order valence-corrected chi connectivity index (χ2v) is 6.51. The van der Waals surface area contributed by atoms with Crippen LogP contribution >= 0.6 is 0 Å². The lowest BCUT2D eigenvalue weighted by Crippen LogP contribution is -2.36. The molecule has 1 aliphatic carbocycles. The molecular formula is C20H24FN3O. The summed E-state index contributed by atoms with van der Waals surface area (Å²) in [4.78, 5) is 16.5. The number of aromatic nitrogens is 1. The van der Waals surface area contributed by atoms with Gasteiger partial charge in [0.05, 0.1) is 11.9 Å². The fourth-order valence-corrected chi connectivity index (χ4v) is 3.18. The molecule has 132 valence electrons. The Morgan fingerprint density at radius 1 is 1.12 bits per heavy atom. The lowest BCUT2D eigenvalue weighted by molar-refractivity contribution is 0.0922. The van der Waals surface area contributed by atoms with E-state index in [1.807, 2.05) is 12.1 Å². The molecule has 1 saturated carbocycles. The van der Waals surface area contributed by atoms with Crippen molar-refractivity contribution in [1.82, 2.24) is 10.3 Å². The van der Waals surface area contributed by atoms with Crippen LogP contribution in [0.1, 0.15) is 48.2 Å². The second kappa shape index (κ2) is 8.60. The monoisotopic (exact) mass is 341 g/mol. The maximum absolute atomic E-state index is 13.6. The number of pyridine rings is 1. The first-order valence-electron chi connectivity index (χ1n) is 8.96. The van der Waals surface area contributed by atoms with Gasteiger partial charge in [0.25, 0.3) is 5.91 Å². The first kappa shape index (κ1) is 17.4. The summed E-state index contributed by atoms with van der Waals surface area (Å²) < 4.78 is 13.6. The third-order valence-electron chi connectivity index (χ3n) is 4.62. The van der Waals surface area contributed by atoms with Crippen molar-refractivity contribution in [3.05, 3.63) is 59.7 Å². The van der Waals surface area contributed by atoms with Gasteiger partial charge in [-0.05, 0) is 43.0 Å². The number of nitrogens with zero attached hydrogens (tertiary/aromatic N) is 1. The Kier molecular flexibility index (Phi) is 5.99. The minimum atomic E-state index is -0.183. The third-order valence-corrected chi connectivity index (χ3v) is 4.62. The molecule has 2 aromatic rings. The van der Waals surface area contributed by atoms with Gasteiger partial charge in [0, 0.05) is 12.6 Å². The molecule has 0 saturated heterocycles. The number of hydrogen-bond acceptors (Lipinski definition) is 3. The van der Waals surface area contributed by atoms with Crippen LogP contribution in [0.15, 0.2) is 42.6 Å². The van der Waals surface area contributed by atoms with Crippen molar-refractivity contribution < 1.29 is 9.18 Å². The molecule has 3 rings (SSSR count). The van der Waals surface area contributed by atoms with E-state index in [2.05, 4.69) is 15.6 Å². The van der Waals surface area contributed by atoms with Gasteiger partial charge in [-0.15, -0.1) is 0 Å². The minimum Gasteiger partial charge on any atom is -0.383 e. The summed E-state index contributed by atoms with van der Waals surface area (Å²) >= 11 is 0. The van der Waals surface area contributed by atoms with Gasteiger partial charge in [-0.3, -0.25) is 4.79 Å². The lowest BCUT2D eigenvalue weighted by Gasteiger charge is -2.22. The predicted molar refractivity (Wildman–Crippen MR) is 97.2 cm³/mol. The van der Waals surface area contributed by atoms with Crippen molar-refractivity contribution in [1.29, 1.82) is 0 Å². The van der Waals surface area contributed by atoms with Crippen molar-refractivity contribution in [3.63, 3.8) is 0 Å². The highest BCUT2D eigenvalue weighted by Crippen LogP contribution is 2.18. The van der Waals surface area contributed by atoms with Crippen molar-refractivity contribution in [2.75, 3.05) is 11.9 Å². The normalized spacial score (nSPS) is 14.9. The molecule has 0 atom stereocenters. The smallest absolute Gasteiger partial charge is 0.270 e. The molecule has 1 amide bonds. The quantitative estimate of drug-likeness (QED) is 0.837. The molecule has 4 nitrogen and oxygen atoms in total. The topological polar surface area (TPSA) is 54.0 Å². The molecule has 0 unspecified atom stereocenters. The largest absolute Gasteiger partial charge is 0.383 e. The fraction of sp³-hybridized carbons (Fsp3) is 0.400. The molecule has 0 aliphatic heterocycles. The summed E-state index contributed by atoms with van der Waals surface area (Å²) in [6.07, 6.45) is 7.99. The molecule has 5 heteroatoms. The first-order valence-corrected chi connectivity index (χ1v) is 8.96. The number of nitrogens with one attached hydrogen (secondary N) is 2. The highest BCUT2D eigenvalue weighted by Gasteiger charge is 2.17.